The second kappa shape index (κ2) is 9.15. The number of imide groups is 1. The fourth-order valence-corrected chi connectivity index (χ4v) is 5.04. The van der Waals surface area contributed by atoms with E-state index in [1.807, 2.05) is 72.8 Å². The second-order valence-electron chi connectivity index (χ2n) is 8.66. The first kappa shape index (κ1) is 22.9. The van der Waals surface area contributed by atoms with Gasteiger partial charge in [-0.15, -0.1) is 0 Å². The molecule has 1 aliphatic heterocycles. The van der Waals surface area contributed by atoms with Crippen molar-refractivity contribution in [2.75, 3.05) is 9.80 Å². The lowest BCUT2D eigenvalue weighted by atomic mass is 10.1. The van der Waals surface area contributed by atoms with Crippen LogP contribution >= 0.6 is 15.9 Å². The molecule has 0 radical (unpaired) electrons. The highest BCUT2D eigenvalue weighted by atomic mass is 79.9. The van der Waals surface area contributed by atoms with Crippen molar-refractivity contribution in [1.82, 2.24) is 0 Å². The molecule has 0 fully saturated rings. The molecular formula is C31H19BrN2O3. The van der Waals surface area contributed by atoms with Crippen LogP contribution in [0.5, 0.6) is 0 Å². The molecule has 0 spiro atoms. The van der Waals surface area contributed by atoms with Crippen LogP contribution in [0.1, 0.15) is 31.1 Å². The van der Waals surface area contributed by atoms with Crippen LogP contribution in [0, 0.1) is 0 Å². The van der Waals surface area contributed by atoms with Gasteiger partial charge < -0.3 is 0 Å². The van der Waals surface area contributed by atoms with Gasteiger partial charge in [0.2, 0.25) is 0 Å². The van der Waals surface area contributed by atoms with E-state index in [0.717, 1.165) is 15.7 Å². The van der Waals surface area contributed by atoms with E-state index in [4.69, 9.17) is 0 Å². The van der Waals surface area contributed by atoms with Gasteiger partial charge in [-0.25, -0.2) is 4.90 Å². The predicted molar refractivity (Wildman–Crippen MR) is 149 cm³/mol. The third-order valence-corrected chi connectivity index (χ3v) is 6.93. The molecule has 5 nitrogen and oxygen atoms in total. The summed E-state index contributed by atoms with van der Waals surface area (Å²) in [5.74, 6) is -1.27. The van der Waals surface area contributed by atoms with Gasteiger partial charge in [0.15, 0.2) is 0 Å². The van der Waals surface area contributed by atoms with E-state index >= 15 is 0 Å². The van der Waals surface area contributed by atoms with Gasteiger partial charge in [-0.1, -0.05) is 76.6 Å². The molecule has 0 N–H and O–H groups in total. The lowest BCUT2D eigenvalue weighted by molar-refractivity contribution is 0.0926. The maximum atomic E-state index is 14.3. The molecule has 0 aliphatic carbocycles. The zero-order valence-electron chi connectivity index (χ0n) is 19.5. The van der Waals surface area contributed by atoms with Gasteiger partial charge in [0.25, 0.3) is 17.7 Å². The summed E-state index contributed by atoms with van der Waals surface area (Å²) in [6, 6.07) is 34.8. The van der Waals surface area contributed by atoms with E-state index in [-0.39, 0.29) is 17.2 Å². The number of carbonyl (C=O) groups is 3. The Morgan fingerprint density at radius 3 is 2.11 bits per heavy atom. The molecule has 5 aromatic carbocycles. The van der Waals surface area contributed by atoms with Gasteiger partial charge >= 0.3 is 0 Å². The Hall–Kier alpha value is -4.55. The van der Waals surface area contributed by atoms with E-state index in [0.29, 0.717) is 27.0 Å². The van der Waals surface area contributed by atoms with E-state index < -0.39 is 11.8 Å². The van der Waals surface area contributed by atoms with Crippen LogP contribution in [0.15, 0.2) is 120 Å². The van der Waals surface area contributed by atoms with Gasteiger partial charge in [0, 0.05) is 15.8 Å². The lowest BCUT2D eigenvalue weighted by Gasteiger charge is -2.26. The largest absolute Gasteiger partial charge is 0.277 e. The molecule has 3 amide bonds. The monoisotopic (exact) mass is 546 g/mol. The molecule has 0 saturated carbocycles. The van der Waals surface area contributed by atoms with Crippen molar-refractivity contribution in [2.24, 2.45) is 0 Å². The Labute approximate surface area is 221 Å². The van der Waals surface area contributed by atoms with Gasteiger partial charge in [-0.2, -0.15) is 0 Å². The number of halogens is 1. The number of amides is 3. The highest BCUT2D eigenvalue weighted by Crippen LogP contribution is 2.36. The van der Waals surface area contributed by atoms with Crippen LogP contribution in [-0.4, -0.2) is 17.7 Å². The van der Waals surface area contributed by atoms with E-state index in [9.17, 15) is 14.4 Å². The number of rotatable bonds is 4. The van der Waals surface area contributed by atoms with E-state index in [1.165, 1.54) is 0 Å². The van der Waals surface area contributed by atoms with Crippen molar-refractivity contribution < 1.29 is 14.4 Å². The van der Waals surface area contributed by atoms with Crippen LogP contribution in [0.25, 0.3) is 10.8 Å². The molecule has 0 bridgehead atoms. The Bertz CT molecular complexity index is 1710. The van der Waals surface area contributed by atoms with Crippen LogP contribution in [0.2, 0.25) is 0 Å². The van der Waals surface area contributed by atoms with Gasteiger partial charge in [-0.05, 0) is 65.4 Å². The molecule has 0 atom stereocenters. The van der Waals surface area contributed by atoms with Gasteiger partial charge in [0.05, 0.1) is 22.4 Å². The highest BCUT2D eigenvalue weighted by Gasteiger charge is 2.39. The Morgan fingerprint density at radius 2 is 1.30 bits per heavy atom. The Morgan fingerprint density at radius 1 is 0.622 bits per heavy atom. The van der Waals surface area contributed by atoms with Crippen molar-refractivity contribution in [3.63, 3.8) is 0 Å². The molecule has 1 aliphatic rings. The van der Waals surface area contributed by atoms with Crippen molar-refractivity contribution >= 4 is 61.5 Å². The summed E-state index contributed by atoms with van der Waals surface area (Å²) in [5, 5.41) is 2.05. The molecule has 5 aromatic rings. The number of carbonyl (C=O) groups excluding carboxylic acids is 3. The summed E-state index contributed by atoms with van der Waals surface area (Å²) in [7, 11) is 0. The predicted octanol–water partition coefficient (Wildman–Crippen LogP) is 7.38. The number of fused-ring (bicyclic) bond motifs is 2. The zero-order chi connectivity index (χ0) is 25.5. The summed E-state index contributed by atoms with van der Waals surface area (Å²) in [5.41, 5.74) is 2.45. The maximum absolute atomic E-state index is 14.3. The second-order valence-corrected chi connectivity index (χ2v) is 9.58. The van der Waals surface area contributed by atoms with Crippen LogP contribution in [0.4, 0.5) is 17.1 Å². The molecule has 0 aromatic heterocycles. The lowest BCUT2D eigenvalue weighted by Crippen LogP contribution is -2.33. The summed E-state index contributed by atoms with van der Waals surface area (Å²) in [6.45, 7) is 0. The van der Waals surface area contributed by atoms with Crippen LogP contribution in [-0.2, 0) is 0 Å². The Balaban J connectivity index is 1.48. The molecular weight excluding hydrogens is 528 g/mol. The third kappa shape index (κ3) is 3.92. The van der Waals surface area contributed by atoms with Gasteiger partial charge in [0.1, 0.15) is 0 Å². The smallest absolute Gasteiger partial charge is 0.266 e. The molecule has 6 rings (SSSR count). The summed E-state index contributed by atoms with van der Waals surface area (Å²) in [6.07, 6.45) is 0. The van der Waals surface area contributed by atoms with E-state index in [1.54, 1.807) is 47.4 Å². The van der Waals surface area contributed by atoms with Crippen LogP contribution in [0.3, 0.4) is 0 Å². The van der Waals surface area contributed by atoms with Crippen molar-refractivity contribution in [3.05, 3.63) is 136 Å². The molecule has 178 valence electrons. The first-order valence-corrected chi connectivity index (χ1v) is 12.5. The fraction of sp³-hybridized carbons (Fsp3) is 0. The molecule has 37 heavy (non-hydrogen) atoms. The number of nitrogens with zero attached hydrogens (tertiary/aromatic N) is 2. The van der Waals surface area contributed by atoms with Crippen molar-refractivity contribution in [1.29, 1.82) is 0 Å². The number of hydrogen-bond donors (Lipinski definition) is 0. The zero-order valence-corrected chi connectivity index (χ0v) is 21.1. The minimum Gasteiger partial charge on any atom is -0.277 e. The van der Waals surface area contributed by atoms with E-state index in [2.05, 4.69) is 15.9 Å². The van der Waals surface area contributed by atoms with Gasteiger partial charge in [-0.3, -0.25) is 19.3 Å². The minimum absolute atomic E-state index is 0.244. The number of anilines is 3. The molecule has 1 heterocycles. The minimum atomic E-state index is -0.460. The normalized spacial score (nSPS) is 12.6. The topological polar surface area (TPSA) is 57.7 Å². The third-order valence-electron chi connectivity index (χ3n) is 6.43. The average molecular weight is 547 g/mol. The maximum Gasteiger partial charge on any atom is 0.266 e. The molecule has 6 heteroatoms. The quantitative estimate of drug-likeness (QED) is 0.221. The number of hydrogen-bond acceptors (Lipinski definition) is 3. The van der Waals surface area contributed by atoms with Crippen molar-refractivity contribution in [2.45, 2.75) is 0 Å². The fourth-order valence-electron chi connectivity index (χ4n) is 4.68. The standard InChI is InChI=1S/C31H19BrN2O3/c32-22-15-17-25-27(19-22)31(37)34(29(25)35)28-13-7-6-12-26(28)30(36)33(23-10-2-1-3-11-23)24-16-14-20-8-4-5-9-21(20)18-24/h1-19H. The summed E-state index contributed by atoms with van der Waals surface area (Å²) in [4.78, 5) is 43.6. The summed E-state index contributed by atoms with van der Waals surface area (Å²) >= 11 is 3.37. The first-order valence-electron chi connectivity index (χ1n) is 11.7. The highest BCUT2D eigenvalue weighted by molar-refractivity contribution is 9.10. The average Bonchev–Trinajstić information content (AvgIpc) is 3.18. The van der Waals surface area contributed by atoms with Crippen LogP contribution < -0.4 is 9.80 Å². The Kier molecular flexibility index (Phi) is 5.66. The number of benzene rings is 5. The first-order chi connectivity index (χ1) is 18.0. The SMILES string of the molecule is O=C1c2ccc(Br)cc2C(=O)N1c1ccccc1C(=O)N(c1ccccc1)c1ccc2ccccc2c1. The number of para-hydroxylation sites is 2. The summed E-state index contributed by atoms with van der Waals surface area (Å²) < 4.78 is 0.699. The molecule has 0 unspecified atom stereocenters. The molecule has 0 saturated heterocycles. The van der Waals surface area contributed by atoms with Crippen molar-refractivity contribution in [3.8, 4) is 0 Å².